The van der Waals surface area contributed by atoms with Crippen molar-refractivity contribution < 1.29 is 17.3 Å². The van der Waals surface area contributed by atoms with Crippen molar-refractivity contribution in [1.82, 2.24) is 14.4 Å². The van der Waals surface area contributed by atoms with Gasteiger partial charge in [0.25, 0.3) is 5.89 Å². The van der Waals surface area contributed by atoms with Crippen LogP contribution in [-0.2, 0) is 22.9 Å². The van der Waals surface area contributed by atoms with Gasteiger partial charge in [-0.2, -0.15) is 4.98 Å². The van der Waals surface area contributed by atoms with Crippen LogP contribution in [0.5, 0.6) is 0 Å². The van der Waals surface area contributed by atoms with Crippen molar-refractivity contribution in [2.75, 3.05) is 13.6 Å². The Morgan fingerprint density at radius 2 is 1.79 bits per heavy atom. The zero-order valence-corrected chi connectivity index (χ0v) is 17.5. The molecule has 154 valence electrons. The first kappa shape index (κ1) is 21.1. The Labute approximate surface area is 170 Å². The van der Waals surface area contributed by atoms with Gasteiger partial charge in [0, 0.05) is 20.0 Å². The van der Waals surface area contributed by atoms with E-state index < -0.39 is 15.8 Å². The quantitative estimate of drug-likeness (QED) is 0.555. The van der Waals surface area contributed by atoms with Gasteiger partial charge < -0.3 is 4.52 Å². The maximum atomic E-state index is 13.8. The van der Waals surface area contributed by atoms with Crippen molar-refractivity contribution in [3.8, 4) is 11.5 Å². The summed E-state index contributed by atoms with van der Waals surface area (Å²) in [5.74, 6) is 0.439. The Kier molecular flexibility index (Phi) is 6.44. The fourth-order valence-corrected chi connectivity index (χ4v) is 4.10. The molecule has 29 heavy (non-hydrogen) atoms. The van der Waals surface area contributed by atoms with Crippen molar-refractivity contribution in [3.05, 3.63) is 65.7 Å². The molecule has 1 aromatic heterocycles. The van der Waals surface area contributed by atoms with Crippen molar-refractivity contribution >= 4 is 10.0 Å². The summed E-state index contributed by atoms with van der Waals surface area (Å²) >= 11 is 0. The van der Waals surface area contributed by atoms with E-state index in [0.29, 0.717) is 11.7 Å². The highest BCUT2D eigenvalue weighted by Crippen LogP contribution is 2.21. The number of rotatable bonds is 8. The fourth-order valence-electron chi connectivity index (χ4n) is 2.93. The average Bonchev–Trinajstić information content (AvgIpc) is 3.15. The summed E-state index contributed by atoms with van der Waals surface area (Å²) in [6.07, 6.45) is 1.15. The van der Waals surface area contributed by atoms with E-state index in [-0.39, 0.29) is 29.3 Å². The number of likely N-dealkylation sites (N-methyl/N-ethyl adjacent to an activating group) is 1. The molecule has 1 heterocycles. The summed E-state index contributed by atoms with van der Waals surface area (Å²) in [4.78, 5) is 4.41. The van der Waals surface area contributed by atoms with E-state index in [9.17, 15) is 12.8 Å². The highest BCUT2D eigenvalue weighted by molar-refractivity contribution is 7.89. The lowest BCUT2D eigenvalue weighted by Crippen LogP contribution is -2.29. The van der Waals surface area contributed by atoms with E-state index in [1.807, 2.05) is 12.1 Å². The third-order valence-electron chi connectivity index (χ3n) is 4.50. The molecule has 0 fully saturated rings. The second-order valence-electron chi connectivity index (χ2n) is 7.31. The monoisotopic (exact) mass is 417 g/mol. The van der Waals surface area contributed by atoms with E-state index in [4.69, 9.17) is 4.52 Å². The van der Waals surface area contributed by atoms with Crippen molar-refractivity contribution in [2.45, 2.75) is 31.6 Å². The molecule has 0 atom stereocenters. The molecule has 0 aliphatic rings. The van der Waals surface area contributed by atoms with Gasteiger partial charge in [-0.1, -0.05) is 43.3 Å². The largest absolute Gasteiger partial charge is 0.334 e. The second kappa shape index (κ2) is 8.84. The molecular weight excluding hydrogens is 393 g/mol. The molecule has 8 heteroatoms. The van der Waals surface area contributed by atoms with Crippen LogP contribution in [0.15, 0.2) is 57.9 Å². The van der Waals surface area contributed by atoms with Gasteiger partial charge in [-0.05, 0) is 42.2 Å². The minimum absolute atomic E-state index is 0.0735. The van der Waals surface area contributed by atoms with Crippen LogP contribution in [0.3, 0.4) is 0 Å². The van der Waals surface area contributed by atoms with E-state index in [2.05, 4.69) is 24.0 Å². The van der Waals surface area contributed by atoms with Crippen LogP contribution in [0, 0.1) is 11.7 Å². The fraction of sp³-hybridized carbons (Fsp3) is 0.333. The van der Waals surface area contributed by atoms with Gasteiger partial charge in [-0.3, -0.25) is 0 Å². The molecule has 2 aromatic carbocycles. The zero-order valence-electron chi connectivity index (χ0n) is 16.7. The normalized spacial score (nSPS) is 12.1. The second-order valence-corrected chi connectivity index (χ2v) is 9.36. The SMILES string of the molecule is CC(C)Cc1ccc(S(=O)(=O)N(C)CCc2noc(-c3ccccc3F)n2)cc1. The number of hydrogen-bond acceptors (Lipinski definition) is 5. The molecule has 3 rings (SSSR count). The Bertz CT molecular complexity index is 1060. The minimum Gasteiger partial charge on any atom is -0.334 e. The number of nitrogens with zero attached hydrogens (tertiary/aromatic N) is 3. The number of sulfonamides is 1. The molecule has 6 nitrogen and oxygen atoms in total. The maximum absolute atomic E-state index is 13.8. The number of aromatic nitrogens is 2. The molecule has 0 amide bonds. The summed E-state index contributed by atoms with van der Waals surface area (Å²) < 4.78 is 45.7. The van der Waals surface area contributed by atoms with E-state index in [1.165, 1.54) is 17.4 Å². The maximum Gasteiger partial charge on any atom is 0.260 e. The Balaban J connectivity index is 1.65. The van der Waals surface area contributed by atoms with Gasteiger partial charge in [-0.15, -0.1) is 0 Å². The molecule has 0 N–H and O–H groups in total. The predicted molar refractivity (Wildman–Crippen MR) is 108 cm³/mol. The highest BCUT2D eigenvalue weighted by atomic mass is 32.2. The lowest BCUT2D eigenvalue weighted by molar-refractivity contribution is 0.413. The van der Waals surface area contributed by atoms with Crippen LogP contribution in [0.25, 0.3) is 11.5 Å². The summed E-state index contributed by atoms with van der Waals surface area (Å²) in [6.45, 7) is 4.41. The lowest BCUT2D eigenvalue weighted by atomic mass is 10.0. The topological polar surface area (TPSA) is 76.3 Å². The summed E-state index contributed by atoms with van der Waals surface area (Å²) in [5.41, 5.74) is 1.32. The number of benzene rings is 2. The van der Waals surface area contributed by atoms with Gasteiger partial charge in [-0.25, -0.2) is 17.1 Å². The Morgan fingerprint density at radius 1 is 1.10 bits per heavy atom. The van der Waals surface area contributed by atoms with Gasteiger partial charge in [0.05, 0.1) is 10.5 Å². The molecule has 0 aliphatic carbocycles. The van der Waals surface area contributed by atoms with E-state index >= 15 is 0 Å². The molecule has 0 aliphatic heterocycles. The number of halogens is 1. The van der Waals surface area contributed by atoms with Crippen molar-refractivity contribution in [2.24, 2.45) is 5.92 Å². The molecule has 0 spiro atoms. The predicted octanol–water partition coefficient (Wildman–Crippen LogP) is 3.94. The van der Waals surface area contributed by atoms with Crippen molar-refractivity contribution in [3.63, 3.8) is 0 Å². The molecule has 0 saturated heterocycles. The standard InChI is InChI=1S/C21H24FN3O3S/c1-15(2)14-16-8-10-17(11-9-16)29(26,27)25(3)13-12-20-23-21(28-24-20)18-6-4-5-7-19(18)22/h4-11,15H,12-14H2,1-3H3. The first-order valence-corrected chi connectivity index (χ1v) is 10.8. The van der Waals surface area contributed by atoms with Gasteiger partial charge in [0.15, 0.2) is 5.82 Å². The van der Waals surface area contributed by atoms with Crippen LogP contribution < -0.4 is 0 Å². The molecular formula is C21H24FN3O3S. The van der Waals surface area contributed by atoms with Crippen LogP contribution in [-0.4, -0.2) is 36.5 Å². The van der Waals surface area contributed by atoms with E-state index in [0.717, 1.165) is 12.0 Å². The Morgan fingerprint density at radius 3 is 2.45 bits per heavy atom. The molecule has 0 saturated carbocycles. The van der Waals surface area contributed by atoms with Crippen molar-refractivity contribution in [1.29, 1.82) is 0 Å². The summed E-state index contributed by atoms with van der Waals surface area (Å²) in [7, 11) is -2.11. The zero-order chi connectivity index (χ0) is 21.0. The smallest absolute Gasteiger partial charge is 0.260 e. The lowest BCUT2D eigenvalue weighted by Gasteiger charge is -2.16. The molecule has 0 radical (unpaired) electrons. The first-order valence-electron chi connectivity index (χ1n) is 9.40. The third kappa shape index (κ3) is 5.07. The van der Waals surface area contributed by atoms with Crippen LogP contribution >= 0.6 is 0 Å². The average molecular weight is 418 g/mol. The van der Waals surface area contributed by atoms with Crippen LogP contribution in [0.4, 0.5) is 4.39 Å². The molecule has 0 bridgehead atoms. The molecule has 0 unspecified atom stereocenters. The summed E-state index contributed by atoms with van der Waals surface area (Å²) in [6, 6.07) is 13.1. The van der Waals surface area contributed by atoms with Gasteiger partial charge in [0.1, 0.15) is 5.82 Å². The van der Waals surface area contributed by atoms with E-state index in [1.54, 1.807) is 30.3 Å². The van der Waals surface area contributed by atoms with Gasteiger partial charge in [0.2, 0.25) is 10.0 Å². The first-order chi connectivity index (χ1) is 13.8. The Hall–Kier alpha value is -2.58. The van der Waals surface area contributed by atoms with Crippen LogP contribution in [0.2, 0.25) is 0 Å². The third-order valence-corrected chi connectivity index (χ3v) is 6.37. The van der Waals surface area contributed by atoms with Crippen LogP contribution in [0.1, 0.15) is 25.2 Å². The van der Waals surface area contributed by atoms with Gasteiger partial charge >= 0.3 is 0 Å². The minimum atomic E-state index is -3.62. The molecule has 3 aromatic rings. The number of hydrogen-bond donors (Lipinski definition) is 0. The highest BCUT2D eigenvalue weighted by Gasteiger charge is 2.21. The summed E-state index contributed by atoms with van der Waals surface area (Å²) in [5, 5.41) is 3.83.